The maximum atomic E-state index is 2.54. The van der Waals surface area contributed by atoms with E-state index in [-0.39, 0.29) is 0 Å². The molecule has 2 rings (SSSR count). The van der Waals surface area contributed by atoms with Crippen LogP contribution in [-0.2, 0) is 0 Å². The molecule has 0 radical (unpaired) electrons. The van der Waals surface area contributed by atoms with Gasteiger partial charge >= 0.3 is 0 Å². The molecule has 70 valence electrons. The topological polar surface area (TPSA) is 0 Å². The van der Waals surface area contributed by atoms with Gasteiger partial charge in [-0.15, -0.1) is 0 Å². The molecule has 0 N–H and O–H groups in total. The van der Waals surface area contributed by atoms with Gasteiger partial charge in [0.1, 0.15) is 0 Å². The summed E-state index contributed by atoms with van der Waals surface area (Å²) < 4.78 is 0. The van der Waals surface area contributed by atoms with Crippen molar-refractivity contribution >= 4 is 0 Å². The second-order valence-corrected chi connectivity index (χ2v) is 5.77. The van der Waals surface area contributed by atoms with Gasteiger partial charge in [-0.3, -0.25) is 0 Å². The van der Waals surface area contributed by atoms with E-state index < -0.39 is 0 Å². The van der Waals surface area contributed by atoms with Crippen LogP contribution in [0.25, 0.3) is 0 Å². The number of hydrogen-bond acceptors (Lipinski definition) is 0. The molecular formula is C12H22. The molecule has 0 heterocycles. The molecule has 0 aromatic rings. The van der Waals surface area contributed by atoms with Crippen molar-refractivity contribution in [2.45, 2.75) is 53.4 Å². The zero-order chi connectivity index (χ0) is 8.98. The van der Waals surface area contributed by atoms with Crippen LogP contribution in [0.2, 0.25) is 0 Å². The van der Waals surface area contributed by atoms with Crippen LogP contribution in [-0.4, -0.2) is 0 Å². The first-order chi connectivity index (χ1) is 5.51. The minimum absolute atomic E-state index is 0.660. The Morgan fingerprint density at radius 3 is 1.75 bits per heavy atom. The summed E-state index contributed by atoms with van der Waals surface area (Å²) in [6.07, 6.45) is 6.00. The van der Waals surface area contributed by atoms with Crippen LogP contribution in [0.4, 0.5) is 0 Å². The maximum Gasteiger partial charge on any atom is -0.0221 e. The van der Waals surface area contributed by atoms with Crippen LogP contribution < -0.4 is 0 Å². The molecule has 0 spiro atoms. The first-order valence-corrected chi connectivity index (χ1v) is 5.51. The van der Waals surface area contributed by atoms with Crippen LogP contribution >= 0.6 is 0 Å². The van der Waals surface area contributed by atoms with Crippen molar-refractivity contribution in [1.82, 2.24) is 0 Å². The molecule has 0 aromatic carbocycles. The highest BCUT2D eigenvalue weighted by atomic mass is 14.6. The quantitative estimate of drug-likeness (QED) is 0.555. The molecule has 0 saturated heterocycles. The van der Waals surface area contributed by atoms with Crippen molar-refractivity contribution in [1.29, 1.82) is 0 Å². The van der Waals surface area contributed by atoms with E-state index in [9.17, 15) is 0 Å². The predicted molar refractivity (Wildman–Crippen MR) is 53.0 cm³/mol. The zero-order valence-corrected chi connectivity index (χ0v) is 8.98. The second kappa shape index (κ2) is 2.27. The standard InChI is InChI=1S/C12H22/c1-9(2)12(4)10-5-7-11(12,3)8-6-10/h9-10H,5-8H2,1-4H3. The van der Waals surface area contributed by atoms with Gasteiger partial charge < -0.3 is 0 Å². The van der Waals surface area contributed by atoms with Crippen molar-refractivity contribution in [3.05, 3.63) is 0 Å². The van der Waals surface area contributed by atoms with Crippen LogP contribution in [0, 0.1) is 22.7 Å². The van der Waals surface area contributed by atoms with E-state index in [0.29, 0.717) is 10.8 Å². The molecule has 0 nitrogen and oxygen atoms in total. The first-order valence-electron chi connectivity index (χ1n) is 5.51. The molecule has 0 aromatic heterocycles. The van der Waals surface area contributed by atoms with Crippen LogP contribution in [0.1, 0.15) is 53.4 Å². The molecular weight excluding hydrogens is 144 g/mol. The molecule has 0 aliphatic heterocycles. The fourth-order valence-corrected chi connectivity index (χ4v) is 4.05. The molecule has 2 aliphatic rings. The Balaban J connectivity index is 2.37. The third-order valence-electron chi connectivity index (χ3n) is 5.44. The van der Waals surface area contributed by atoms with E-state index >= 15 is 0 Å². The lowest BCUT2D eigenvalue weighted by atomic mass is 9.63. The summed E-state index contributed by atoms with van der Waals surface area (Å²) in [5.41, 5.74) is 1.35. The van der Waals surface area contributed by atoms with Gasteiger partial charge in [-0.2, -0.15) is 0 Å². The Morgan fingerprint density at radius 1 is 1.08 bits per heavy atom. The summed E-state index contributed by atoms with van der Waals surface area (Å²) in [5.74, 6) is 1.92. The smallest absolute Gasteiger partial charge is 0.0221 e. The van der Waals surface area contributed by atoms with Gasteiger partial charge in [-0.25, -0.2) is 0 Å². The van der Waals surface area contributed by atoms with E-state index in [1.165, 1.54) is 25.7 Å². The Morgan fingerprint density at radius 2 is 1.58 bits per heavy atom. The molecule has 2 aliphatic carbocycles. The van der Waals surface area contributed by atoms with Crippen molar-refractivity contribution in [2.24, 2.45) is 22.7 Å². The highest BCUT2D eigenvalue weighted by Gasteiger charge is 2.59. The molecule has 0 amide bonds. The van der Waals surface area contributed by atoms with Crippen LogP contribution in [0.3, 0.4) is 0 Å². The van der Waals surface area contributed by atoms with E-state index in [4.69, 9.17) is 0 Å². The molecule has 1 unspecified atom stereocenters. The van der Waals surface area contributed by atoms with Gasteiger partial charge in [0.05, 0.1) is 0 Å². The largest absolute Gasteiger partial charge is 0.0622 e. The third-order valence-corrected chi connectivity index (χ3v) is 5.44. The highest BCUT2D eigenvalue weighted by molar-refractivity contribution is 5.08. The predicted octanol–water partition coefficient (Wildman–Crippen LogP) is 3.86. The first kappa shape index (κ1) is 8.59. The number of hydrogen-bond donors (Lipinski definition) is 0. The average molecular weight is 166 g/mol. The maximum absolute atomic E-state index is 2.54. The van der Waals surface area contributed by atoms with Crippen LogP contribution in [0.5, 0.6) is 0 Å². The molecule has 2 bridgehead atoms. The summed E-state index contributed by atoms with van der Waals surface area (Å²) in [7, 11) is 0. The Bertz CT molecular complexity index is 184. The number of rotatable bonds is 1. The van der Waals surface area contributed by atoms with Gasteiger partial charge in [-0.05, 0) is 48.3 Å². The summed E-state index contributed by atoms with van der Waals surface area (Å²) in [6, 6.07) is 0. The van der Waals surface area contributed by atoms with Crippen molar-refractivity contribution in [2.75, 3.05) is 0 Å². The van der Waals surface area contributed by atoms with Gasteiger partial charge in [0, 0.05) is 0 Å². The van der Waals surface area contributed by atoms with Crippen molar-refractivity contribution < 1.29 is 0 Å². The zero-order valence-electron chi connectivity index (χ0n) is 8.98. The Hall–Kier alpha value is 0. The minimum atomic E-state index is 0.660. The van der Waals surface area contributed by atoms with E-state index in [2.05, 4.69) is 27.7 Å². The minimum Gasteiger partial charge on any atom is -0.0622 e. The summed E-state index contributed by atoms with van der Waals surface area (Å²) in [6.45, 7) is 9.91. The average Bonchev–Trinajstić information content (AvgIpc) is 2.40. The second-order valence-electron chi connectivity index (χ2n) is 5.77. The molecule has 0 heteroatoms. The van der Waals surface area contributed by atoms with E-state index in [1.54, 1.807) is 0 Å². The van der Waals surface area contributed by atoms with Crippen molar-refractivity contribution in [3.63, 3.8) is 0 Å². The summed E-state index contributed by atoms with van der Waals surface area (Å²) in [5, 5.41) is 0. The summed E-state index contributed by atoms with van der Waals surface area (Å²) >= 11 is 0. The Kier molecular flexibility index (Phi) is 1.63. The monoisotopic (exact) mass is 166 g/mol. The van der Waals surface area contributed by atoms with E-state index in [0.717, 1.165) is 11.8 Å². The Labute approximate surface area is 76.7 Å². The SMILES string of the molecule is CC(C)C1(C)C2CCC1(C)CC2. The lowest BCUT2D eigenvalue weighted by Crippen LogP contribution is -2.35. The molecule has 1 atom stereocenters. The fourth-order valence-electron chi connectivity index (χ4n) is 4.05. The van der Waals surface area contributed by atoms with Crippen LogP contribution in [0.15, 0.2) is 0 Å². The molecule has 2 fully saturated rings. The van der Waals surface area contributed by atoms with Gasteiger partial charge in [0.15, 0.2) is 0 Å². The third kappa shape index (κ3) is 0.744. The lowest BCUT2D eigenvalue weighted by Gasteiger charge is -2.42. The fraction of sp³-hybridized carbons (Fsp3) is 1.00. The number of fused-ring (bicyclic) bond motifs is 2. The van der Waals surface area contributed by atoms with Gasteiger partial charge in [0.25, 0.3) is 0 Å². The highest BCUT2D eigenvalue weighted by Crippen LogP contribution is 2.68. The summed E-state index contributed by atoms with van der Waals surface area (Å²) in [4.78, 5) is 0. The van der Waals surface area contributed by atoms with Gasteiger partial charge in [-0.1, -0.05) is 27.7 Å². The lowest BCUT2D eigenvalue weighted by molar-refractivity contribution is 0.0670. The van der Waals surface area contributed by atoms with Gasteiger partial charge in [0.2, 0.25) is 0 Å². The molecule has 12 heavy (non-hydrogen) atoms. The normalized spacial score (nSPS) is 52.2. The van der Waals surface area contributed by atoms with E-state index in [1.807, 2.05) is 0 Å². The molecule has 2 saturated carbocycles. The van der Waals surface area contributed by atoms with Crippen molar-refractivity contribution in [3.8, 4) is 0 Å².